The number of fused-ring (bicyclic) bond motifs is 1. The molecule has 0 spiro atoms. The number of halogens is 2. The van der Waals surface area contributed by atoms with Gasteiger partial charge < -0.3 is 5.32 Å². The Bertz CT molecular complexity index is 1120. The van der Waals surface area contributed by atoms with E-state index in [0.29, 0.717) is 16.4 Å². The minimum Gasteiger partial charge on any atom is -0.347 e. The number of aryl methyl sites for hydroxylation is 1. The first-order valence-corrected chi connectivity index (χ1v) is 9.48. The van der Waals surface area contributed by atoms with Crippen LogP contribution < -0.4 is 5.32 Å². The van der Waals surface area contributed by atoms with Gasteiger partial charge in [0.25, 0.3) is 5.91 Å². The standard InChI is InChI=1S/C20H15ClFN3OS/c1-12-18(19(26)23-10-13-2-6-15(21)7-3-13)27-20-24-17(11-25(12)20)14-4-8-16(22)9-5-14/h2-9,11H,10H2,1H3,(H,23,26). The molecular formula is C20H15ClFN3OS. The van der Waals surface area contributed by atoms with Crippen molar-refractivity contribution in [3.63, 3.8) is 0 Å². The summed E-state index contributed by atoms with van der Waals surface area (Å²) in [5.41, 5.74) is 3.38. The molecule has 2 aromatic carbocycles. The van der Waals surface area contributed by atoms with Crippen LogP contribution in [0.3, 0.4) is 0 Å². The Morgan fingerprint density at radius 1 is 1.19 bits per heavy atom. The van der Waals surface area contributed by atoms with Gasteiger partial charge in [-0.05, 0) is 48.9 Å². The summed E-state index contributed by atoms with van der Waals surface area (Å²) in [6.45, 7) is 2.31. The molecule has 0 radical (unpaired) electrons. The van der Waals surface area contributed by atoms with Gasteiger partial charge in [0.2, 0.25) is 0 Å². The van der Waals surface area contributed by atoms with Gasteiger partial charge >= 0.3 is 0 Å². The maximum absolute atomic E-state index is 13.1. The fourth-order valence-corrected chi connectivity index (χ4v) is 3.94. The molecule has 1 N–H and O–H groups in total. The van der Waals surface area contributed by atoms with E-state index < -0.39 is 0 Å². The van der Waals surface area contributed by atoms with Crippen LogP contribution >= 0.6 is 22.9 Å². The van der Waals surface area contributed by atoms with E-state index in [-0.39, 0.29) is 11.7 Å². The summed E-state index contributed by atoms with van der Waals surface area (Å²) < 4.78 is 15.0. The number of nitrogens with one attached hydrogen (secondary N) is 1. The maximum Gasteiger partial charge on any atom is 0.263 e. The molecular weight excluding hydrogens is 385 g/mol. The third-order valence-corrected chi connectivity index (χ3v) is 5.68. The van der Waals surface area contributed by atoms with Crippen molar-refractivity contribution in [1.82, 2.24) is 14.7 Å². The predicted molar refractivity (Wildman–Crippen MR) is 106 cm³/mol. The molecule has 4 rings (SSSR count). The predicted octanol–water partition coefficient (Wildman–Crippen LogP) is 5.09. The van der Waals surface area contributed by atoms with E-state index in [2.05, 4.69) is 10.3 Å². The number of hydrogen-bond donors (Lipinski definition) is 1. The number of nitrogens with zero attached hydrogens (tertiary/aromatic N) is 2. The number of carbonyl (C=O) groups excluding carboxylic acids is 1. The number of imidazole rings is 1. The van der Waals surface area contributed by atoms with Gasteiger partial charge in [-0.2, -0.15) is 0 Å². The van der Waals surface area contributed by atoms with Crippen molar-refractivity contribution in [3.8, 4) is 11.3 Å². The van der Waals surface area contributed by atoms with Crippen molar-refractivity contribution in [2.75, 3.05) is 0 Å². The van der Waals surface area contributed by atoms with Gasteiger partial charge in [0.05, 0.1) is 5.69 Å². The van der Waals surface area contributed by atoms with Gasteiger partial charge in [-0.1, -0.05) is 35.1 Å². The smallest absolute Gasteiger partial charge is 0.263 e. The van der Waals surface area contributed by atoms with Crippen molar-refractivity contribution >= 4 is 33.8 Å². The molecule has 0 saturated heterocycles. The Morgan fingerprint density at radius 3 is 2.56 bits per heavy atom. The third-order valence-electron chi connectivity index (χ3n) is 4.27. The van der Waals surface area contributed by atoms with Crippen LogP contribution in [0.4, 0.5) is 4.39 Å². The van der Waals surface area contributed by atoms with E-state index in [1.807, 2.05) is 29.7 Å². The number of hydrogen-bond acceptors (Lipinski definition) is 3. The summed E-state index contributed by atoms with van der Waals surface area (Å²) in [6, 6.07) is 13.6. The molecule has 0 unspecified atom stereocenters. The van der Waals surface area contributed by atoms with Gasteiger partial charge in [-0.15, -0.1) is 0 Å². The molecule has 0 bridgehead atoms. The highest BCUT2D eigenvalue weighted by atomic mass is 35.5. The number of amides is 1. The maximum atomic E-state index is 13.1. The summed E-state index contributed by atoms with van der Waals surface area (Å²) >= 11 is 7.21. The average molecular weight is 400 g/mol. The number of carbonyl (C=O) groups is 1. The Kier molecular flexibility index (Phi) is 4.68. The molecule has 136 valence electrons. The molecule has 0 aliphatic rings. The first-order valence-electron chi connectivity index (χ1n) is 8.28. The second-order valence-corrected chi connectivity index (χ2v) is 7.53. The fraction of sp³-hybridized carbons (Fsp3) is 0.100. The second kappa shape index (κ2) is 7.13. The average Bonchev–Trinajstić information content (AvgIpc) is 3.21. The highest BCUT2D eigenvalue weighted by molar-refractivity contribution is 7.19. The zero-order chi connectivity index (χ0) is 19.0. The molecule has 7 heteroatoms. The van der Waals surface area contributed by atoms with Crippen LogP contribution in [0.15, 0.2) is 54.7 Å². The Labute approximate surface area is 164 Å². The topological polar surface area (TPSA) is 46.4 Å². The lowest BCUT2D eigenvalue weighted by Crippen LogP contribution is -2.22. The summed E-state index contributed by atoms with van der Waals surface area (Å²) in [4.78, 5) is 18.5. The highest BCUT2D eigenvalue weighted by Gasteiger charge is 2.18. The van der Waals surface area contributed by atoms with Gasteiger partial charge in [0.1, 0.15) is 10.7 Å². The molecule has 1 amide bonds. The quantitative estimate of drug-likeness (QED) is 0.519. The molecule has 0 aliphatic carbocycles. The lowest BCUT2D eigenvalue weighted by atomic mass is 10.2. The van der Waals surface area contributed by atoms with Crippen LogP contribution in [-0.4, -0.2) is 15.3 Å². The van der Waals surface area contributed by atoms with E-state index in [1.165, 1.54) is 23.5 Å². The molecule has 0 saturated carbocycles. The van der Waals surface area contributed by atoms with Crippen LogP contribution in [0.1, 0.15) is 20.9 Å². The van der Waals surface area contributed by atoms with Crippen LogP contribution in [-0.2, 0) is 6.54 Å². The molecule has 0 atom stereocenters. The molecule has 27 heavy (non-hydrogen) atoms. The molecule has 2 aromatic heterocycles. The SMILES string of the molecule is Cc1c(C(=O)NCc2ccc(Cl)cc2)sc2nc(-c3ccc(F)cc3)cn12. The highest BCUT2D eigenvalue weighted by Crippen LogP contribution is 2.27. The number of thiazole rings is 1. The van der Waals surface area contributed by atoms with Crippen molar-refractivity contribution in [2.45, 2.75) is 13.5 Å². The van der Waals surface area contributed by atoms with Gasteiger partial charge in [-0.3, -0.25) is 9.20 Å². The normalized spacial score (nSPS) is 11.1. The minimum absolute atomic E-state index is 0.138. The van der Waals surface area contributed by atoms with Gasteiger partial charge in [0.15, 0.2) is 4.96 Å². The van der Waals surface area contributed by atoms with E-state index in [9.17, 15) is 9.18 Å². The Hall–Kier alpha value is -2.70. The largest absolute Gasteiger partial charge is 0.347 e. The zero-order valence-electron chi connectivity index (χ0n) is 14.4. The molecule has 2 heterocycles. The summed E-state index contributed by atoms with van der Waals surface area (Å²) in [7, 11) is 0. The van der Waals surface area contributed by atoms with E-state index in [1.54, 1.807) is 24.3 Å². The van der Waals surface area contributed by atoms with Gasteiger partial charge in [-0.25, -0.2) is 9.37 Å². The van der Waals surface area contributed by atoms with Crippen LogP contribution in [0, 0.1) is 12.7 Å². The molecule has 0 fully saturated rings. The van der Waals surface area contributed by atoms with Crippen molar-refractivity contribution in [1.29, 1.82) is 0 Å². The number of benzene rings is 2. The zero-order valence-corrected chi connectivity index (χ0v) is 15.9. The third kappa shape index (κ3) is 3.59. The molecule has 0 aliphatic heterocycles. The van der Waals surface area contributed by atoms with Crippen LogP contribution in [0.25, 0.3) is 16.2 Å². The van der Waals surface area contributed by atoms with Crippen LogP contribution in [0.2, 0.25) is 5.02 Å². The number of rotatable bonds is 4. The first-order chi connectivity index (χ1) is 13.0. The monoisotopic (exact) mass is 399 g/mol. The van der Waals surface area contributed by atoms with Crippen LogP contribution in [0.5, 0.6) is 0 Å². The van der Waals surface area contributed by atoms with E-state index in [0.717, 1.165) is 27.5 Å². The fourth-order valence-electron chi connectivity index (χ4n) is 2.79. The van der Waals surface area contributed by atoms with Gasteiger partial charge in [0, 0.05) is 29.0 Å². The summed E-state index contributed by atoms with van der Waals surface area (Å²) in [5, 5.41) is 3.59. The number of aromatic nitrogens is 2. The van der Waals surface area contributed by atoms with Crippen molar-refractivity contribution in [2.24, 2.45) is 0 Å². The summed E-state index contributed by atoms with van der Waals surface area (Å²) in [5.74, 6) is -0.420. The van der Waals surface area contributed by atoms with E-state index in [4.69, 9.17) is 11.6 Å². The van der Waals surface area contributed by atoms with Crippen molar-refractivity contribution in [3.05, 3.63) is 81.7 Å². The lowest BCUT2D eigenvalue weighted by molar-refractivity contribution is 0.0954. The second-order valence-electron chi connectivity index (χ2n) is 6.11. The van der Waals surface area contributed by atoms with Crippen molar-refractivity contribution < 1.29 is 9.18 Å². The Morgan fingerprint density at radius 2 is 1.89 bits per heavy atom. The molecule has 4 aromatic rings. The molecule has 4 nitrogen and oxygen atoms in total. The summed E-state index contributed by atoms with van der Waals surface area (Å²) in [6.07, 6.45) is 1.87. The first kappa shape index (κ1) is 17.7. The van der Waals surface area contributed by atoms with E-state index >= 15 is 0 Å². The lowest BCUT2D eigenvalue weighted by Gasteiger charge is -2.05. The minimum atomic E-state index is -0.282. The Balaban J connectivity index is 1.54.